The summed E-state index contributed by atoms with van der Waals surface area (Å²) in [7, 11) is 0. The molecule has 0 aliphatic carbocycles. The maximum absolute atomic E-state index is 12.5. The average molecular weight is 290 g/mol. The molecule has 0 fully saturated rings. The van der Waals surface area contributed by atoms with Crippen molar-refractivity contribution in [2.45, 2.75) is 32.7 Å². The second-order valence-electron chi connectivity index (χ2n) is 5.13. The molecule has 1 heterocycles. The Morgan fingerprint density at radius 3 is 2.76 bits per heavy atom. The first-order chi connectivity index (χ1) is 9.92. The summed E-state index contributed by atoms with van der Waals surface area (Å²) in [6, 6.07) is 4.70. The predicted molar refractivity (Wildman–Crippen MR) is 77.2 cm³/mol. The first-order valence-electron chi connectivity index (χ1n) is 6.88. The molecule has 2 rings (SSSR count). The fourth-order valence-electron chi connectivity index (χ4n) is 2.53. The first kappa shape index (κ1) is 15.0. The molecule has 0 spiro atoms. The Labute approximate surface area is 122 Å². The number of nitrogens with zero attached hydrogens (tertiary/aromatic N) is 1. The molecule has 1 aromatic carbocycles. The Morgan fingerprint density at radius 2 is 2.14 bits per heavy atom. The van der Waals surface area contributed by atoms with Gasteiger partial charge in [0.1, 0.15) is 0 Å². The van der Waals surface area contributed by atoms with Crippen molar-refractivity contribution in [1.82, 2.24) is 4.90 Å². The molecule has 1 atom stereocenters. The molecule has 0 bridgehead atoms. The van der Waals surface area contributed by atoms with Crippen LogP contribution >= 0.6 is 0 Å². The third-order valence-corrected chi connectivity index (χ3v) is 3.59. The van der Waals surface area contributed by atoms with Gasteiger partial charge in [-0.3, -0.25) is 14.4 Å². The van der Waals surface area contributed by atoms with Crippen molar-refractivity contribution in [3.8, 4) is 0 Å². The van der Waals surface area contributed by atoms with E-state index in [1.165, 1.54) is 4.90 Å². The van der Waals surface area contributed by atoms with Crippen LogP contribution in [0, 0.1) is 0 Å². The smallest absolute Gasteiger partial charge is 0.305 e. The van der Waals surface area contributed by atoms with Gasteiger partial charge in [-0.15, -0.1) is 0 Å². The van der Waals surface area contributed by atoms with Crippen LogP contribution in [0.5, 0.6) is 0 Å². The molecular formula is C15H18N2O4. The molecule has 2 amide bonds. The Balaban J connectivity index is 2.20. The summed E-state index contributed by atoms with van der Waals surface area (Å²) in [5, 5.41) is 11.6. The second kappa shape index (κ2) is 5.95. The molecule has 1 aliphatic rings. The number of hydrogen-bond acceptors (Lipinski definition) is 3. The highest BCUT2D eigenvalue weighted by Crippen LogP contribution is 2.25. The van der Waals surface area contributed by atoms with Gasteiger partial charge in [-0.25, -0.2) is 0 Å². The molecule has 0 saturated heterocycles. The van der Waals surface area contributed by atoms with Crippen LogP contribution in [0.15, 0.2) is 18.2 Å². The third kappa shape index (κ3) is 3.21. The molecule has 6 nitrogen and oxygen atoms in total. The average Bonchev–Trinajstić information content (AvgIpc) is 2.77. The molecule has 21 heavy (non-hydrogen) atoms. The van der Waals surface area contributed by atoms with Crippen LogP contribution in [0.25, 0.3) is 0 Å². The number of anilines is 1. The van der Waals surface area contributed by atoms with Gasteiger partial charge in [0, 0.05) is 23.8 Å². The zero-order valence-corrected chi connectivity index (χ0v) is 12.0. The van der Waals surface area contributed by atoms with E-state index in [9.17, 15) is 14.4 Å². The lowest BCUT2D eigenvalue weighted by Crippen LogP contribution is -2.39. The van der Waals surface area contributed by atoms with Crippen molar-refractivity contribution in [3.05, 3.63) is 29.3 Å². The van der Waals surface area contributed by atoms with Crippen molar-refractivity contribution < 1.29 is 19.5 Å². The molecule has 1 unspecified atom stereocenters. The zero-order valence-electron chi connectivity index (χ0n) is 12.0. The topological polar surface area (TPSA) is 86.7 Å². The van der Waals surface area contributed by atoms with Gasteiger partial charge in [0.05, 0.1) is 12.8 Å². The standard InChI is InChI=1S/C15H18N2O4/c1-3-17(9(2)6-14(19)20)15(21)11-5-4-10-8-13(18)16-12(10)7-11/h4-5,7,9H,3,6,8H2,1-2H3,(H,16,18)(H,19,20). The monoisotopic (exact) mass is 290 g/mol. The third-order valence-electron chi connectivity index (χ3n) is 3.59. The lowest BCUT2D eigenvalue weighted by molar-refractivity contribution is -0.138. The number of carboxylic acids is 1. The molecule has 112 valence electrons. The van der Waals surface area contributed by atoms with Crippen LogP contribution in [0.2, 0.25) is 0 Å². The molecule has 0 saturated carbocycles. The van der Waals surface area contributed by atoms with E-state index in [1.807, 2.05) is 6.92 Å². The molecule has 1 aromatic rings. The lowest BCUT2D eigenvalue weighted by atomic mass is 10.1. The van der Waals surface area contributed by atoms with Gasteiger partial charge in [0.15, 0.2) is 0 Å². The molecule has 2 N–H and O–H groups in total. The first-order valence-corrected chi connectivity index (χ1v) is 6.88. The number of fused-ring (bicyclic) bond motifs is 1. The molecule has 6 heteroatoms. The van der Waals surface area contributed by atoms with E-state index in [0.717, 1.165) is 5.56 Å². The minimum absolute atomic E-state index is 0.0822. The van der Waals surface area contributed by atoms with E-state index in [4.69, 9.17) is 5.11 Å². The van der Waals surface area contributed by atoms with Gasteiger partial charge < -0.3 is 15.3 Å². The molecule has 1 aliphatic heterocycles. The van der Waals surface area contributed by atoms with E-state index in [-0.39, 0.29) is 24.3 Å². The van der Waals surface area contributed by atoms with E-state index in [2.05, 4.69) is 5.32 Å². The van der Waals surface area contributed by atoms with Crippen LogP contribution < -0.4 is 5.32 Å². The fourth-order valence-corrected chi connectivity index (χ4v) is 2.53. The highest BCUT2D eigenvalue weighted by molar-refractivity contribution is 6.02. The number of carboxylic acid groups (broad SMARTS) is 1. The largest absolute Gasteiger partial charge is 0.481 e. The quantitative estimate of drug-likeness (QED) is 0.860. The maximum Gasteiger partial charge on any atom is 0.305 e. The summed E-state index contributed by atoms with van der Waals surface area (Å²) < 4.78 is 0. The van der Waals surface area contributed by atoms with Gasteiger partial charge in [0.2, 0.25) is 5.91 Å². The Morgan fingerprint density at radius 1 is 1.43 bits per heavy atom. The van der Waals surface area contributed by atoms with Crippen LogP contribution in [-0.2, 0) is 16.0 Å². The fraction of sp³-hybridized carbons (Fsp3) is 0.400. The molecule has 0 aromatic heterocycles. The number of rotatable bonds is 5. The molecule has 0 radical (unpaired) electrons. The summed E-state index contributed by atoms with van der Waals surface area (Å²) in [5.74, 6) is -1.24. The van der Waals surface area contributed by atoms with Gasteiger partial charge in [0.25, 0.3) is 5.91 Å². The van der Waals surface area contributed by atoms with Crippen molar-refractivity contribution in [2.24, 2.45) is 0 Å². The van der Waals surface area contributed by atoms with Crippen molar-refractivity contribution in [3.63, 3.8) is 0 Å². The van der Waals surface area contributed by atoms with E-state index < -0.39 is 5.97 Å². The summed E-state index contributed by atoms with van der Waals surface area (Å²) in [6.45, 7) is 3.95. The lowest BCUT2D eigenvalue weighted by Gasteiger charge is -2.27. The van der Waals surface area contributed by atoms with E-state index in [1.54, 1.807) is 25.1 Å². The Bertz CT molecular complexity index is 597. The summed E-state index contributed by atoms with van der Waals surface area (Å²) in [4.78, 5) is 36.1. The minimum Gasteiger partial charge on any atom is -0.481 e. The van der Waals surface area contributed by atoms with Crippen molar-refractivity contribution in [1.29, 1.82) is 0 Å². The van der Waals surface area contributed by atoms with E-state index >= 15 is 0 Å². The van der Waals surface area contributed by atoms with Crippen molar-refractivity contribution >= 4 is 23.5 Å². The Hall–Kier alpha value is -2.37. The van der Waals surface area contributed by atoms with Crippen LogP contribution in [-0.4, -0.2) is 40.4 Å². The van der Waals surface area contributed by atoms with Gasteiger partial charge in [-0.2, -0.15) is 0 Å². The molecular weight excluding hydrogens is 272 g/mol. The number of amides is 2. The highest BCUT2D eigenvalue weighted by atomic mass is 16.4. The minimum atomic E-state index is -0.935. The van der Waals surface area contributed by atoms with Crippen LogP contribution in [0.3, 0.4) is 0 Å². The second-order valence-corrected chi connectivity index (χ2v) is 5.13. The van der Waals surface area contributed by atoms with Gasteiger partial charge in [-0.05, 0) is 31.5 Å². The summed E-state index contributed by atoms with van der Waals surface area (Å²) in [6.07, 6.45) is 0.234. The van der Waals surface area contributed by atoms with Crippen LogP contribution in [0.4, 0.5) is 5.69 Å². The summed E-state index contributed by atoms with van der Waals surface area (Å²) in [5.41, 5.74) is 1.99. The van der Waals surface area contributed by atoms with Crippen LogP contribution in [0.1, 0.15) is 36.2 Å². The van der Waals surface area contributed by atoms with Gasteiger partial charge in [-0.1, -0.05) is 6.07 Å². The Kier molecular flexibility index (Phi) is 4.26. The van der Waals surface area contributed by atoms with Crippen molar-refractivity contribution in [2.75, 3.05) is 11.9 Å². The highest BCUT2D eigenvalue weighted by Gasteiger charge is 2.24. The predicted octanol–water partition coefficient (Wildman–Crippen LogP) is 1.51. The number of benzene rings is 1. The SMILES string of the molecule is CCN(C(=O)c1ccc2c(c1)NC(=O)C2)C(C)CC(=O)O. The number of carbonyl (C=O) groups excluding carboxylic acids is 2. The number of carbonyl (C=O) groups is 3. The number of hydrogen-bond donors (Lipinski definition) is 2. The van der Waals surface area contributed by atoms with E-state index in [0.29, 0.717) is 24.2 Å². The summed E-state index contributed by atoms with van der Waals surface area (Å²) >= 11 is 0. The normalized spacial score (nSPS) is 14.3. The maximum atomic E-state index is 12.5. The number of aliphatic carboxylic acids is 1. The number of nitrogens with one attached hydrogen (secondary N) is 1. The zero-order chi connectivity index (χ0) is 15.6. The van der Waals surface area contributed by atoms with Gasteiger partial charge >= 0.3 is 5.97 Å².